The zero-order chi connectivity index (χ0) is 23.4. The number of oxazole rings is 1. The first-order chi connectivity index (χ1) is 15.8. The van der Waals surface area contributed by atoms with Crippen molar-refractivity contribution < 1.29 is 17.6 Å². The lowest BCUT2D eigenvalue weighted by Gasteiger charge is -2.06. The van der Waals surface area contributed by atoms with Crippen LogP contribution in [0.4, 0.5) is 0 Å². The molecule has 0 spiro atoms. The van der Waals surface area contributed by atoms with Crippen LogP contribution in [0.3, 0.4) is 0 Å². The standard InChI is InChI=1S/C25H21BrN2O4S/c1-17-23(16-33(30,31)22-13-11-21(26)12-14-22)28-25(32-17)20-9-7-19(8-10-20)24(29)27-15-18-5-3-2-4-6-18/h2-14H,15-16H2,1H3,(H,27,29). The van der Waals surface area contributed by atoms with E-state index in [4.69, 9.17) is 4.42 Å². The van der Waals surface area contributed by atoms with Gasteiger partial charge in [0.05, 0.1) is 10.6 Å². The fourth-order valence-corrected chi connectivity index (χ4v) is 4.84. The molecule has 0 saturated carbocycles. The molecule has 0 aliphatic rings. The minimum absolute atomic E-state index is 0.185. The van der Waals surface area contributed by atoms with Gasteiger partial charge in [0.15, 0.2) is 9.84 Å². The van der Waals surface area contributed by atoms with Gasteiger partial charge in [0.1, 0.15) is 11.5 Å². The summed E-state index contributed by atoms with van der Waals surface area (Å²) >= 11 is 3.31. The molecule has 0 fully saturated rings. The average molecular weight is 525 g/mol. The van der Waals surface area contributed by atoms with Gasteiger partial charge >= 0.3 is 0 Å². The summed E-state index contributed by atoms with van der Waals surface area (Å²) in [5.41, 5.74) is 2.54. The summed E-state index contributed by atoms with van der Waals surface area (Å²) in [6, 6.07) is 23.0. The number of carbonyl (C=O) groups excluding carboxylic acids is 1. The lowest BCUT2D eigenvalue weighted by atomic mass is 10.1. The van der Waals surface area contributed by atoms with Crippen molar-refractivity contribution in [1.29, 1.82) is 0 Å². The van der Waals surface area contributed by atoms with Gasteiger partial charge in [-0.15, -0.1) is 0 Å². The summed E-state index contributed by atoms with van der Waals surface area (Å²) in [6.07, 6.45) is 0. The number of amides is 1. The molecule has 0 bridgehead atoms. The molecule has 4 rings (SSSR count). The summed E-state index contributed by atoms with van der Waals surface area (Å²) in [7, 11) is -3.56. The normalized spacial score (nSPS) is 11.3. The van der Waals surface area contributed by atoms with Crippen LogP contribution in [0, 0.1) is 6.92 Å². The Balaban J connectivity index is 1.46. The lowest BCUT2D eigenvalue weighted by molar-refractivity contribution is 0.0951. The SMILES string of the molecule is Cc1oc(-c2ccc(C(=O)NCc3ccccc3)cc2)nc1CS(=O)(=O)c1ccc(Br)cc1. The highest BCUT2D eigenvalue weighted by Crippen LogP contribution is 2.25. The molecule has 1 N–H and O–H groups in total. The monoisotopic (exact) mass is 524 g/mol. The molecule has 0 radical (unpaired) electrons. The van der Waals surface area contributed by atoms with E-state index in [1.807, 2.05) is 30.3 Å². The van der Waals surface area contributed by atoms with Crippen molar-refractivity contribution in [2.75, 3.05) is 0 Å². The topological polar surface area (TPSA) is 89.3 Å². The molecule has 0 aliphatic heterocycles. The first-order valence-electron chi connectivity index (χ1n) is 10.2. The summed E-state index contributed by atoms with van der Waals surface area (Å²) < 4.78 is 32.0. The van der Waals surface area contributed by atoms with Gasteiger partial charge in [-0.25, -0.2) is 13.4 Å². The second-order valence-corrected chi connectivity index (χ2v) is 10.4. The van der Waals surface area contributed by atoms with E-state index in [2.05, 4.69) is 26.2 Å². The molecule has 8 heteroatoms. The van der Waals surface area contributed by atoms with Crippen molar-refractivity contribution in [2.24, 2.45) is 0 Å². The summed E-state index contributed by atoms with van der Waals surface area (Å²) in [6.45, 7) is 2.13. The van der Waals surface area contributed by atoms with Gasteiger partial charge in [0.25, 0.3) is 5.91 Å². The average Bonchev–Trinajstić information content (AvgIpc) is 3.18. The number of halogens is 1. The van der Waals surface area contributed by atoms with Gasteiger partial charge in [0.2, 0.25) is 5.89 Å². The molecule has 0 unspecified atom stereocenters. The third kappa shape index (κ3) is 5.58. The van der Waals surface area contributed by atoms with Crippen LogP contribution in [-0.2, 0) is 22.1 Å². The number of rotatable bonds is 7. The minimum Gasteiger partial charge on any atom is -0.441 e. The maximum Gasteiger partial charge on any atom is 0.251 e. The number of nitrogens with one attached hydrogen (secondary N) is 1. The van der Waals surface area contributed by atoms with E-state index in [-0.39, 0.29) is 16.6 Å². The van der Waals surface area contributed by atoms with Crippen LogP contribution in [-0.4, -0.2) is 19.3 Å². The van der Waals surface area contributed by atoms with Crippen molar-refractivity contribution in [3.63, 3.8) is 0 Å². The van der Waals surface area contributed by atoms with Crippen LogP contribution in [0.25, 0.3) is 11.5 Å². The molecular weight excluding hydrogens is 504 g/mol. The largest absolute Gasteiger partial charge is 0.441 e. The second kappa shape index (κ2) is 9.72. The number of nitrogens with zero attached hydrogens (tertiary/aromatic N) is 1. The van der Waals surface area contributed by atoms with Gasteiger partial charge in [-0.05, 0) is 61.0 Å². The Labute approximate surface area is 200 Å². The molecule has 1 amide bonds. The van der Waals surface area contributed by atoms with E-state index in [0.29, 0.717) is 35.0 Å². The van der Waals surface area contributed by atoms with E-state index in [0.717, 1.165) is 10.0 Å². The van der Waals surface area contributed by atoms with Gasteiger partial charge in [-0.1, -0.05) is 46.3 Å². The van der Waals surface area contributed by atoms with Gasteiger partial charge in [-0.2, -0.15) is 0 Å². The van der Waals surface area contributed by atoms with Crippen LogP contribution in [0.2, 0.25) is 0 Å². The quantitative estimate of drug-likeness (QED) is 0.353. The Morgan fingerprint density at radius 2 is 1.64 bits per heavy atom. The summed E-state index contributed by atoms with van der Waals surface area (Å²) in [5.74, 6) is 0.305. The lowest BCUT2D eigenvalue weighted by Crippen LogP contribution is -2.22. The Kier molecular flexibility index (Phi) is 6.76. The molecule has 1 heterocycles. The van der Waals surface area contributed by atoms with Gasteiger partial charge < -0.3 is 9.73 Å². The Morgan fingerprint density at radius 1 is 0.970 bits per heavy atom. The Bertz CT molecular complexity index is 1360. The molecule has 33 heavy (non-hydrogen) atoms. The van der Waals surface area contributed by atoms with Crippen molar-refractivity contribution >= 4 is 31.7 Å². The van der Waals surface area contributed by atoms with Crippen LogP contribution in [0.1, 0.15) is 27.4 Å². The summed E-state index contributed by atoms with van der Waals surface area (Å²) in [4.78, 5) is 17.0. The van der Waals surface area contributed by atoms with Crippen molar-refractivity contribution in [3.8, 4) is 11.5 Å². The fraction of sp³-hybridized carbons (Fsp3) is 0.120. The number of aromatic nitrogens is 1. The predicted molar refractivity (Wildman–Crippen MR) is 129 cm³/mol. The molecule has 6 nitrogen and oxygen atoms in total. The second-order valence-electron chi connectivity index (χ2n) is 7.48. The molecule has 0 atom stereocenters. The maximum absolute atomic E-state index is 12.8. The number of carbonyl (C=O) groups is 1. The smallest absolute Gasteiger partial charge is 0.251 e. The van der Waals surface area contributed by atoms with E-state index >= 15 is 0 Å². The molecule has 4 aromatic rings. The molecule has 1 aromatic heterocycles. The summed E-state index contributed by atoms with van der Waals surface area (Å²) in [5, 5.41) is 2.88. The number of aryl methyl sites for hydroxylation is 1. The molecule has 3 aromatic carbocycles. The zero-order valence-electron chi connectivity index (χ0n) is 17.8. The predicted octanol–water partition coefficient (Wildman–Crippen LogP) is 5.32. The molecule has 0 saturated heterocycles. The van der Waals surface area contributed by atoms with Crippen LogP contribution in [0.5, 0.6) is 0 Å². The van der Waals surface area contributed by atoms with Crippen LogP contribution in [0.15, 0.2) is 92.6 Å². The number of hydrogen-bond acceptors (Lipinski definition) is 5. The van der Waals surface area contributed by atoms with Crippen molar-refractivity contribution in [3.05, 3.63) is 106 Å². The first kappa shape index (κ1) is 22.9. The van der Waals surface area contributed by atoms with Crippen LogP contribution >= 0.6 is 15.9 Å². The third-order valence-electron chi connectivity index (χ3n) is 5.08. The van der Waals surface area contributed by atoms with E-state index < -0.39 is 9.84 Å². The van der Waals surface area contributed by atoms with Gasteiger partial charge in [0, 0.05) is 22.1 Å². The Morgan fingerprint density at radius 3 is 2.30 bits per heavy atom. The van der Waals surface area contributed by atoms with Crippen molar-refractivity contribution in [1.82, 2.24) is 10.3 Å². The highest BCUT2D eigenvalue weighted by atomic mass is 79.9. The van der Waals surface area contributed by atoms with E-state index in [9.17, 15) is 13.2 Å². The van der Waals surface area contributed by atoms with Gasteiger partial charge in [-0.3, -0.25) is 4.79 Å². The van der Waals surface area contributed by atoms with E-state index in [1.54, 1.807) is 55.5 Å². The molecule has 168 valence electrons. The van der Waals surface area contributed by atoms with Crippen molar-refractivity contribution in [2.45, 2.75) is 24.1 Å². The maximum atomic E-state index is 12.8. The number of hydrogen-bond donors (Lipinski definition) is 1. The highest BCUT2D eigenvalue weighted by Gasteiger charge is 2.21. The zero-order valence-corrected chi connectivity index (χ0v) is 20.2. The molecular formula is C25H21BrN2O4S. The molecule has 0 aliphatic carbocycles. The Hall–Kier alpha value is -3.23. The number of benzene rings is 3. The van der Waals surface area contributed by atoms with E-state index in [1.165, 1.54) is 0 Å². The third-order valence-corrected chi connectivity index (χ3v) is 7.25. The van der Waals surface area contributed by atoms with Crippen LogP contribution < -0.4 is 5.32 Å². The fourth-order valence-electron chi connectivity index (χ4n) is 3.24. The number of sulfone groups is 1. The minimum atomic E-state index is -3.56. The highest BCUT2D eigenvalue weighted by molar-refractivity contribution is 9.10. The first-order valence-corrected chi connectivity index (χ1v) is 12.6.